The van der Waals surface area contributed by atoms with Gasteiger partial charge in [-0.3, -0.25) is 14.6 Å². The van der Waals surface area contributed by atoms with Crippen molar-refractivity contribution in [2.24, 2.45) is 5.92 Å². The number of amides is 2. The summed E-state index contributed by atoms with van der Waals surface area (Å²) >= 11 is 0. The van der Waals surface area contributed by atoms with E-state index >= 15 is 0 Å². The zero-order valence-electron chi connectivity index (χ0n) is 11.8. The molecule has 2 unspecified atom stereocenters. The molecule has 1 aliphatic carbocycles. The van der Waals surface area contributed by atoms with Gasteiger partial charge in [-0.1, -0.05) is 6.07 Å². The highest BCUT2D eigenvalue weighted by molar-refractivity contribution is 5.97. The van der Waals surface area contributed by atoms with Crippen molar-refractivity contribution in [1.82, 2.24) is 15.2 Å². The fourth-order valence-electron chi connectivity index (χ4n) is 2.81. The summed E-state index contributed by atoms with van der Waals surface area (Å²) in [5, 5.41) is 2.78. The molecule has 1 N–H and O–H groups in total. The van der Waals surface area contributed by atoms with Crippen LogP contribution in [0.25, 0.3) is 0 Å². The molecule has 0 radical (unpaired) electrons. The Morgan fingerprint density at radius 2 is 2.10 bits per heavy atom. The van der Waals surface area contributed by atoms with Gasteiger partial charge in [-0.15, -0.1) is 0 Å². The largest absolute Gasteiger partial charge is 0.343 e. The van der Waals surface area contributed by atoms with Crippen LogP contribution in [0.4, 0.5) is 0 Å². The van der Waals surface area contributed by atoms with E-state index in [9.17, 15) is 9.59 Å². The number of nitrogens with zero attached hydrogens (tertiary/aromatic N) is 2. The van der Waals surface area contributed by atoms with E-state index in [1.165, 1.54) is 0 Å². The number of pyridine rings is 1. The van der Waals surface area contributed by atoms with Gasteiger partial charge in [0.2, 0.25) is 11.8 Å². The van der Waals surface area contributed by atoms with Gasteiger partial charge < -0.3 is 10.2 Å². The van der Waals surface area contributed by atoms with Crippen LogP contribution >= 0.6 is 0 Å². The van der Waals surface area contributed by atoms with E-state index in [0.717, 1.165) is 24.2 Å². The Morgan fingerprint density at radius 1 is 1.35 bits per heavy atom. The summed E-state index contributed by atoms with van der Waals surface area (Å²) < 4.78 is 0. The average Bonchev–Trinajstić information content (AvgIpc) is 3.20. The minimum absolute atomic E-state index is 0.00944. The Morgan fingerprint density at radius 3 is 2.75 bits per heavy atom. The topological polar surface area (TPSA) is 62.3 Å². The molecule has 2 atom stereocenters. The maximum absolute atomic E-state index is 12.4. The monoisotopic (exact) mass is 273 g/mol. The Labute approximate surface area is 118 Å². The van der Waals surface area contributed by atoms with Crippen molar-refractivity contribution in [2.75, 3.05) is 0 Å². The molecular weight excluding hydrogens is 254 g/mol. The first-order chi connectivity index (χ1) is 9.56. The van der Waals surface area contributed by atoms with Gasteiger partial charge in [-0.25, -0.2) is 0 Å². The number of piperazine rings is 1. The molecule has 2 fully saturated rings. The summed E-state index contributed by atoms with van der Waals surface area (Å²) in [5.41, 5.74) is 1.76. The highest BCUT2D eigenvalue weighted by atomic mass is 16.2. The van der Waals surface area contributed by atoms with E-state index in [1.54, 1.807) is 11.8 Å². The van der Waals surface area contributed by atoms with Crippen LogP contribution in [0.2, 0.25) is 0 Å². The first-order valence-electron chi connectivity index (χ1n) is 7.09. The van der Waals surface area contributed by atoms with E-state index in [-0.39, 0.29) is 17.9 Å². The number of rotatable bonds is 3. The van der Waals surface area contributed by atoms with Crippen LogP contribution < -0.4 is 5.32 Å². The van der Waals surface area contributed by atoms with Crippen molar-refractivity contribution in [2.45, 2.75) is 45.3 Å². The van der Waals surface area contributed by atoms with Crippen LogP contribution in [-0.2, 0) is 16.1 Å². The molecule has 2 heterocycles. The molecule has 1 aromatic heterocycles. The van der Waals surface area contributed by atoms with Crippen molar-refractivity contribution in [3.63, 3.8) is 0 Å². The van der Waals surface area contributed by atoms with Gasteiger partial charge in [0.15, 0.2) is 0 Å². The van der Waals surface area contributed by atoms with E-state index in [1.807, 2.05) is 25.1 Å². The first kappa shape index (κ1) is 13.1. The van der Waals surface area contributed by atoms with Gasteiger partial charge >= 0.3 is 0 Å². The van der Waals surface area contributed by atoms with Crippen LogP contribution in [-0.4, -0.2) is 33.8 Å². The SMILES string of the molecule is Cc1cccc(CN2C(=O)C(C)NC(=O)C2C2CC2)n1. The van der Waals surface area contributed by atoms with Gasteiger partial charge in [0.25, 0.3) is 0 Å². The number of hydrogen-bond donors (Lipinski definition) is 1. The Kier molecular flexibility index (Phi) is 3.20. The maximum atomic E-state index is 12.4. The predicted octanol–water partition coefficient (Wildman–Crippen LogP) is 1.02. The first-order valence-corrected chi connectivity index (χ1v) is 7.09. The summed E-state index contributed by atoms with van der Waals surface area (Å²) in [6.07, 6.45) is 2.05. The van der Waals surface area contributed by atoms with E-state index in [2.05, 4.69) is 10.3 Å². The molecule has 5 nitrogen and oxygen atoms in total. The molecule has 0 spiro atoms. The van der Waals surface area contributed by atoms with Crippen LogP contribution in [0, 0.1) is 12.8 Å². The number of aryl methyl sites for hydroxylation is 1. The molecule has 1 aliphatic heterocycles. The van der Waals surface area contributed by atoms with Crippen molar-refractivity contribution in [3.05, 3.63) is 29.6 Å². The van der Waals surface area contributed by atoms with Gasteiger partial charge in [0.05, 0.1) is 12.2 Å². The summed E-state index contributed by atoms with van der Waals surface area (Å²) in [6.45, 7) is 4.08. The second-order valence-corrected chi connectivity index (χ2v) is 5.75. The third-order valence-corrected chi connectivity index (χ3v) is 3.96. The molecule has 3 rings (SSSR count). The molecule has 1 aromatic rings. The van der Waals surface area contributed by atoms with E-state index in [0.29, 0.717) is 12.5 Å². The zero-order chi connectivity index (χ0) is 14.3. The quantitative estimate of drug-likeness (QED) is 0.894. The predicted molar refractivity (Wildman–Crippen MR) is 73.6 cm³/mol. The Hall–Kier alpha value is -1.91. The van der Waals surface area contributed by atoms with E-state index in [4.69, 9.17) is 0 Å². The zero-order valence-corrected chi connectivity index (χ0v) is 11.8. The van der Waals surface area contributed by atoms with Crippen molar-refractivity contribution < 1.29 is 9.59 Å². The van der Waals surface area contributed by atoms with Gasteiger partial charge in [0, 0.05) is 5.69 Å². The lowest BCUT2D eigenvalue weighted by molar-refractivity contribution is -0.150. The van der Waals surface area contributed by atoms with Gasteiger partial charge in [0.1, 0.15) is 12.1 Å². The Bertz CT molecular complexity index is 554. The summed E-state index contributed by atoms with van der Waals surface area (Å²) in [4.78, 5) is 30.7. The fraction of sp³-hybridized carbons (Fsp3) is 0.533. The minimum atomic E-state index is -0.442. The van der Waals surface area contributed by atoms with Crippen LogP contribution in [0.1, 0.15) is 31.2 Å². The lowest BCUT2D eigenvalue weighted by Gasteiger charge is -2.38. The van der Waals surface area contributed by atoms with Crippen molar-refractivity contribution in [3.8, 4) is 0 Å². The number of carbonyl (C=O) groups excluding carboxylic acids is 2. The molecule has 20 heavy (non-hydrogen) atoms. The molecule has 5 heteroatoms. The van der Waals surface area contributed by atoms with Crippen LogP contribution in [0.3, 0.4) is 0 Å². The molecule has 1 saturated heterocycles. The van der Waals surface area contributed by atoms with Crippen molar-refractivity contribution >= 4 is 11.8 Å². The molecule has 0 aromatic carbocycles. The number of nitrogens with one attached hydrogen (secondary N) is 1. The smallest absolute Gasteiger partial charge is 0.245 e. The normalized spacial score (nSPS) is 26.6. The molecule has 106 valence electrons. The molecule has 0 bridgehead atoms. The summed E-state index contributed by atoms with van der Waals surface area (Å²) in [7, 11) is 0. The Balaban J connectivity index is 1.86. The number of aromatic nitrogens is 1. The highest BCUT2D eigenvalue weighted by Gasteiger charge is 2.46. The molecule has 2 aliphatic rings. The number of hydrogen-bond acceptors (Lipinski definition) is 3. The fourth-order valence-corrected chi connectivity index (χ4v) is 2.81. The summed E-state index contributed by atoms with van der Waals surface area (Å²) in [6, 6.07) is 5.00. The van der Waals surface area contributed by atoms with Gasteiger partial charge in [-0.05, 0) is 44.7 Å². The second kappa shape index (κ2) is 4.89. The minimum Gasteiger partial charge on any atom is -0.343 e. The lowest BCUT2D eigenvalue weighted by atomic mass is 10.0. The highest BCUT2D eigenvalue weighted by Crippen LogP contribution is 2.37. The van der Waals surface area contributed by atoms with E-state index < -0.39 is 6.04 Å². The molecular formula is C15H19N3O2. The lowest BCUT2D eigenvalue weighted by Crippen LogP contribution is -2.62. The molecule has 1 saturated carbocycles. The number of carbonyl (C=O) groups is 2. The summed E-state index contributed by atoms with van der Waals surface area (Å²) in [5.74, 6) is 0.285. The average molecular weight is 273 g/mol. The van der Waals surface area contributed by atoms with Crippen LogP contribution in [0.5, 0.6) is 0 Å². The van der Waals surface area contributed by atoms with Crippen LogP contribution in [0.15, 0.2) is 18.2 Å². The second-order valence-electron chi connectivity index (χ2n) is 5.75. The maximum Gasteiger partial charge on any atom is 0.245 e. The standard InChI is InChI=1S/C15H19N3O2/c1-9-4-3-5-12(16-9)8-18-13(11-6-7-11)14(19)17-10(2)15(18)20/h3-5,10-11,13H,6-8H2,1-2H3,(H,17,19). The van der Waals surface area contributed by atoms with Crippen molar-refractivity contribution in [1.29, 1.82) is 0 Å². The third kappa shape index (κ3) is 2.40. The van der Waals surface area contributed by atoms with Gasteiger partial charge in [-0.2, -0.15) is 0 Å². The molecule has 2 amide bonds. The third-order valence-electron chi connectivity index (χ3n) is 3.96.